The van der Waals surface area contributed by atoms with Crippen molar-refractivity contribution in [2.45, 2.75) is 78.5 Å². The molecule has 1 aliphatic heterocycles. The summed E-state index contributed by atoms with van der Waals surface area (Å²) in [5.74, 6) is -0.228. The summed E-state index contributed by atoms with van der Waals surface area (Å²) in [5.41, 5.74) is 1.81. The number of hydrogen-bond donors (Lipinski definition) is 1. The second-order valence-electron chi connectivity index (χ2n) is 11.2. The lowest BCUT2D eigenvalue weighted by atomic mass is 9.73. The first-order valence-electron chi connectivity index (χ1n) is 13.2. The van der Waals surface area contributed by atoms with E-state index in [0.29, 0.717) is 24.3 Å². The third-order valence-corrected chi connectivity index (χ3v) is 7.53. The van der Waals surface area contributed by atoms with Crippen LogP contribution in [0, 0.1) is 17.3 Å². The van der Waals surface area contributed by atoms with Gasteiger partial charge in [-0.05, 0) is 43.2 Å². The predicted octanol–water partition coefficient (Wildman–Crippen LogP) is 5.80. The number of ether oxygens (including phenoxy) is 3. The van der Waals surface area contributed by atoms with Gasteiger partial charge in [-0.1, -0.05) is 58.0 Å². The maximum absolute atomic E-state index is 13.3. The Morgan fingerprint density at radius 1 is 1.13 bits per heavy atom. The Morgan fingerprint density at radius 2 is 1.82 bits per heavy atom. The van der Waals surface area contributed by atoms with Crippen LogP contribution in [0.25, 0.3) is 0 Å². The molecule has 9 heteroatoms. The van der Waals surface area contributed by atoms with E-state index in [1.165, 1.54) is 0 Å². The average Bonchev–Trinajstić information content (AvgIpc) is 3.16. The number of esters is 1. The molecule has 0 fully saturated rings. The van der Waals surface area contributed by atoms with Gasteiger partial charge in [0.2, 0.25) is 0 Å². The molecule has 2 aliphatic rings. The fourth-order valence-corrected chi connectivity index (χ4v) is 5.21. The lowest BCUT2D eigenvalue weighted by Gasteiger charge is -2.33. The molecule has 1 aromatic carbocycles. The Hall–Kier alpha value is -2.52. The summed E-state index contributed by atoms with van der Waals surface area (Å²) in [6.45, 7) is 9.40. The third-order valence-electron chi connectivity index (χ3n) is 7.53. The average molecular weight is 540 g/mol. The minimum absolute atomic E-state index is 0.0536. The number of carbonyl (C=O) groups is 1. The van der Waals surface area contributed by atoms with Crippen molar-refractivity contribution < 1.29 is 37.3 Å². The standard InChI is InChI=1S/C29H40F3NO5/c1-18(2)15-28(5,19(3)4)27(35)37-17-21(34)16-36-22-11-12-23(26(14-22)38-29(30,31)32)25-13-20-9-7-8-10-24(20)33(25)6/h7-12,18-19,21-22,25,34H,13-17H2,1-6H3. The molecule has 1 heterocycles. The van der Waals surface area contributed by atoms with Crippen LogP contribution in [-0.2, 0) is 25.4 Å². The number of likely N-dealkylation sites (N-methyl/N-ethyl adjacent to an activating group) is 1. The zero-order chi connectivity index (χ0) is 28.3. The van der Waals surface area contributed by atoms with E-state index >= 15 is 0 Å². The Bertz CT molecular complexity index is 1040. The summed E-state index contributed by atoms with van der Waals surface area (Å²) in [6.07, 6.45) is -2.28. The Morgan fingerprint density at radius 3 is 2.42 bits per heavy atom. The van der Waals surface area contributed by atoms with Crippen molar-refractivity contribution in [1.82, 2.24) is 0 Å². The van der Waals surface area contributed by atoms with Crippen LogP contribution in [0.1, 0.15) is 53.0 Å². The van der Waals surface area contributed by atoms with Crippen LogP contribution in [0.2, 0.25) is 0 Å². The molecule has 0 aromatic heterocycles. The molecule has 6 nitrogen and oxygen atoms in total. The Labute approximate surface area is 223 Å². The van der Waals surface area contributed by atoms with Gasteiger partial charge in [0.1, 0.15) is 18.5 Å². The Balaban J connectivity index is 1.61. The van der Waals surface area contributed by atoms with Gasteiger partial charge >= 0.3 is 12.3 Å². The number of para-hydroxylation sites is 1. The van der Waals surface area contributed by atoms with Gasteiger partial charge in [0.05, 0.1) is 24.2 Å². The summed E-state index contributed by atoms with van der Waals surface area (Å²) in [4.78, 5) is 14.7. The van der Waals surface area contributed by atoms with Gasteiger partial charge in [0.15, 0.2) is 0 Å². The van der Waals surface area contributed by atoms with Crippen LogP contribution in [0.4, 0.5) is 18.9 Å². The zero-order valence-electron chi connectivity index (χ0n) is 23.0. The normalized spacial score (nSPS) is 22.1. The van der Waals surface area contributed by atoms with Gasteiger partial charge in [-0.2, -0.15) is 0 Å². The van der Waals surface area contributed by atoms with Gasteiger partial charge in [0.25, 0.3) is 0 Å². The summed E-state index contributed by atoms with van der Waals surface area (Å²) in [7, 11) is 1.86. The van der Waals surface area contributed by atoms with Crippen molar-refractivity contribution in [3.05, 3.63) is 53.3 Å². The van der Waals surface area contributed by atoms with E-state index in [4.69, 9.17) is 9.47 Å². The third kappa shape index (κ3) is 7.32. The number of benzene rings is 1. The quantitative estimate of drug-likeness (QED) is 0.359. The molecular weight excluding hydrogens is 499 g/mol. The van der Waals surface area contributed by atoms with E-state index < -0.39 is 24.0 Å². The number of carbonyl (C=O) groups excluding carboxylic acids is 1. The molecule has 0 bridgehead atoms. The molecule has 4 unspecified atom stereocenters. The van der Waals surface area contributed by atoms with Crippen LogP contribution < -0.4 is 4.90 Å². The van der Waals surface area contributed by atoms with Crippen molar-refractivity contribution in [2.75, 3.05) is 25.2 Å². The van der Waals surface area contributed by atoms with Crippen LogP contribution in [0.15, 0.2) is 47.7 Å². The lowest BCUT2D eigenvalue weighted by Crippen LogP contribution is -2.38. The largest absolute Gasteiger partial charge is 0.572 e. The molecule has 38 heavy (non-hydrogen) atoms. The van der Waals surface area contributed by atoms with Gasteiger partial charge in [-0.25, -0.2) is 0 Å². The number of aliphatic hydroxyl groups is 1. The molecule has 212 valence electrons. The van der Waals surface area contributed by atoms with Gasteiger partial charge in [0, 0.05) is 24.7 Å². The van der Waals surface area contributed by atoms with Crippen molar-refractivity contribution in [1.29, 1.82) is 0 Å². The Kier molecular flexibility index (Phi) is 9.57. The molecule has 4 atom stereocenters. The molecule has 0 saturated carbocycles. The highest BCUT2D eigenvalue weighted by Crippen LogP contribution is 2.39. The number of nitrogens with zero attached hydrogens (tertiary/aromatic N) is 1. The minimum Gasteiger partial charge on any atom is -0.462 e. The van der Waals surface area contributed by atoms with Crippen molar-refractivity contribution in [3.63, 3.8) is 0 Å². The summed E-state index contributed by atoms with van der Waals surface area (Å²) in [6, 6.07) is 7.42. The first kappa shape index (κ1) is 30.0. The van der Waals surface area contributed by atoms with E-state index in [2.05, 4.69) is 4.74 Å². The summed E-state index contributed by atoms with van der Waals surface area (Å²) >= 11 is 0. The van der Waals surface area contributed by atoms with Crippen molar-refractivity contribution >= 4 is 11.7 Å². The van der Waals surface area contributed by atoms with E-state index in [9.17, 15) is 23.1 Å². The lowest BCUT2D eigenvalue weighted by molar-refractivity contribution is -0.307. The number of aliphatic hydroxyl groups excluding tert-OH is 1. The molecule has 0 saturated heterocycles. The smallest absolute Gasteiger partial charge is 0.462 e. The summed E-state index contributed by atoms with van der Waals surface area (Å²) < 4.78 is 55.4. The van der Waals surface area contributed by atoms with Gasteiger partial charge in [-0.15, -0.1) is 13.2 Å². The number of fused-ring (bicyclic) bond motifs is 1. The first-order valence-corrected chi connectivity index (χ1v) is 13.2. The van der Waals surface area contributed by atoms with Gasteiger partial charge in [-0.3, -0.25) is 4.79 Å². The van der Waals surface area contributed by atoms with Crippen LogP contribution in [-0.4, -0.2) is 55.9 Å². The van der Waals surface area contributed by atoms with Crippen molar-refractivity contribution in [2.24, 2.45) is 17.3 Å². The van der Waals surface area contributed by atoms with E-state index in [1.807, 2.05) is 70.8 Å². The zero-order valence-corrected chi connectivity index (χ0v) is 23.0. The number of hydrogen-bond acceptors (Lipinski definition) is 6. The maximum Gasteiger partial charge on any atom is 0.572 e. The van der Waals surface area contributed by atoms with Gasteiger partial charge < -0.3 is 24.2 Å². The number of rotatable bonds is 11. The number of halogens is 3. The fourth-order valence-electron chi connectivity index (χ4n) is 5.21. The first-order chi connectivity index (χ1) is 17.7. The molecule has 0 spiro atoms. The molecule has 0 radical (unpaired) electrons. The molecule has 1 N–H and O–H groups in total. The van der Waals surface area contributed by atoms with E-state index in [1.54, 1.807) is 12.2 Å². The van der Waals surface area contributed by atoms with Crippen LogP contribution in [0.5, 0.6) is 0 Å². The number of anilines is 1. The SMILES string of the molecule is CC(C)CC(C)(C(=O)OCC(O)COC1C=CC(C2Cc3ccccc3N2C)=C(OC(F)(F)F)C1)C(C)C. The molecule has 1 aliphatic carbocycles. The molecule has 1 aromatic rings. The summed E-state index contributed by atoms with van der Waals surface area (Å²) in [5, 5.41) is 10.4. The fraction of sp³-hybridized carbons (Fsp3) is 0.621. The van der Waals surface area contributed by atoms with Crippen LogP contribution in [0.3, 0.4) is 0 Å². The topological polar surface area (TPSA) is 68.2 Å². The second-order valence-corrected chi connectivity index (χ2v) is 11.2. The minimum atomic E-state index is -4.84. The molecule has 0 amide bonds. The highest BCUT2D eigenvalue weighted by atomic mass is 19.4. The van der Waals surface area contributed by atoms with Crippen LogP contribution >= 0.6 is 0 Å². The van der Waals surface area contributed by atoms with E-state index in [-0.39, 0.29) is 43.3 Å². The predicted molar refractivity (Wildman–Crippen MR) is 139 cm³/mol. The second kappa shape index (κ2) is 12.1. The highest BCUT2D eigenvalue weighted by Gasteiger charge is 2.40. The highest BCUT2D eigenvalue weighted by molar-refractivity contribution is 5.76. The van der Waals surface area contributed by atoms with E-state index in [0.717, 1.165) is 11.3 Å². The van der Waals surface area contributed by atoms with Crippen molar-refractivity contribution in [3.8, 4) is 0 Å². The monoisotopic (exact) mass is 539 g/mol. The number of alkyl halides is 3. The molecular formula is C29H40F3NO5. The maximum atomic E-state index is 13.3. The molecule has 3 rings (SSSR count).